The summed E-state index contributed by atoms with van der Waals surface area (Å²) in [6.07, 6.45) is 4.14. The zero-order valence-corrected chi connectivity index (χ0v) is 22.1. The number of nitrogens with one attached hydrogen (secondary N) is 2. The number of ether oxygens (including phenoxy) is 1. The second-order valence-electron chi connectivity index (χ2n) is 10.2. The highest BCUT2D eigenvalue weighted by Gasteiger charge is 2.46. The van der Waals surface area contributed by atoms with Gasteiger partial charge in [-0.1, -0.05) is 6.07 Å². The number of carbonyl (C=O) groups excluding carboxylic acids is 1. The maximum atomic E-state index is 14.4. The maximum Gasteiger partial charge on any atom is 0.469 e. The van der Waals surface area contributed by atoms with Crippen molar-refractivity contribution in [1.82, 2.24) is 15.3 Å². The molecule has 1 aromatic heterocycles. The summed E-state index contributed by atoms with van der Waals surface area (Å²) in [5, 5.41) is 6.18. The zero-order chi connectivity index (χ0) is 26.9. The summed E-state index contributed by atoms with van der Waals surface area (Å²) < 4.78 is 35.5. The summed E-state index contributed by atoms with van der Waals surface area (Å²) in [6.45, 7) is 4.21. The molecular formula is C25H33FN5O6P. The monoisotopic (exact) mass is 549 g/mol. The first-order valence-corrected chi connectivity index (χ1v) is 14.5. The van der Waals surface area contributed by atoms with Crippen LogP contribution in [0.5, 0.6) is 5.75 Å². The number of amides is 1. The fourth-order valence-electron chi connectivity index (χ4n) is 5.27. The largest absolute Gasteiger partial charge is 0.491 e. The van der Waals surface area contributed by atoms with Crippen LogP contribution in [0.25, 0.3) is 0 Å². The molecule has 11 nitrogen and oxygen atoms in total. The molecule has 2 atom stereocenters. The van der Waals surface area contributed by atoms with E-state index in [-0.39, 0.29) is 29.8 Å². The molecule has 3 fully saturated rings. The fraction of sp³-hybridized carbons (Fsp3) is 0.560. The topological polar surface area (TPSA) is 146 Å². The van der Waals surface area contributed by atoms with Gasteiger partial charge in [0.25, 0.3) is 5.91 Å². The van der Waals surface area contributed by atoms with Crippen LogP contribution in [0.15, 0.2) is 24.4 Å². The molecule has 2 heterocycles. The van der Waals surface area contributed by atoms with E-state index < -0.39 is 19.7 Å². The Morgan fingerprint density at radius 2 is 1.95 bits per heavy atom. The Hall–Kier alpha value is -2.79. The van der Waals surface area contributed by atoms with Crippen molar-refractivity contribution in [3.8, 4) is 5.75 Å². The van der Waals surface area contributed by atoms with E-state index in [9.17, 15) is 13.8 Å². The first-order valence-electron chi connectivity index (χ1n) is 13.0. The van der Waals surface area contributed by atoms with E-state index in [2.05, 4.69) is 25.5 Å². The number of hydrogen-bond donors (Lipinski definition) is 4. The standard InChI is InChI=1S/C25H33FN5O6P/c1-2-36-22-8-3-15(9-21(22)26)11-27-23-20(12-28-25(30-23)31-13-16-10-17(16)14-31)24(32)29-18-4-6-19(7-5-18)37-38(33,34)35/h3,8-9,12,16-19H,2,4-7,10-11,13-14H2,1H3,(H,29,32)(H,27,28,30)(H2,33,34,35)/t16?,17?,18-,19-. The molecule has 2 aromatic rings. The molecule has 1 saturated heterocycles. The number of benzene rings is 1. The van der Waals surface area contributed by atoms with Crippen LogP contribution < -0.4 is 20.3 Å². The Kier molecular flexibility index (Phi) is 7.85. The van der Waals surface area contributed by atoms with E-state index >= 15 is 0 Å². The Bertz CT molecular complexity index is 1210. The van der Waals surface area contributed by atoms with Gasteiger partial charge in [-0.25, -0.2) is 13.9 Å². The molecule has 3 aliphatic rings. The van der Waals surface area contributed by atoms with Crippen LogP contribution >= 0.6 is 7.82 Å². The molecule has 2 aliphatic carbocycles. The van der Waals surface area contributed by atoms with E-state index in [1.807, 2.05) is 0 Å². The molecule has 1 aliphatic heterocycles. The minimum atomic E-state index is -4.54. The summed E-state index contributed by atoms with van der Waals surface area (Å²) in [6, 6.07) is 4.57. The van der Waals surface area contributed by atoms with Crippen LogP contribution in [-0.2, 0) is 15.6 Å². The molecule has 1 aromatic carbocycles. The van der Waals surface area contributed by atoms with E-state index in [1.54, 1.807) is 19.1 Å². The van der Waals surface area contributed by atoms with E-state index in [0.717, 1.165) is 13.1 Å². The smallest absolute Gasteiger partial charge is 0.469 e. The number of phosphoric ester groups is 1. The second kappa shape index (κ2) is 11.1. The highest BCUT2D eigenvalue weighted by molar-refractivity contribution is 7.46. The predicted molar refractivity (Wildman–Crippen MR) is 137 cm³/mol. The van der Waals surface area contributed by atoms with Gasteiger partial charge < -0.3 is 30.1 Å². The number of nitrogens with zero attached hydrogens (tertiary/aromatic N) is 3. The van der Waals surface area contributed by atoms with Crippen molar-refractivity contribution in [1.29, 1.82) is 0 Å². The molecule has 206 valence electrons. The van der Waals surface area contributed by atoms with E-state index in [0.29, 0.717) is 61.5 Å². The second-order valence-corrected chi connectivity index (χ2v) is 11.4. The highest BCUT2D eigenvalue weighted by atomic mass is 31.2. The lowest BCUT2D eigenvalue weighted by atomic mass is 9.93. The number of piperidine rings is 1. The average molecular weight is 550 g/mol. The van der Waals surface area contributed by atoms with Gasteiger partial charge in [0, 0.05) is 31.9 Å². The number of carbonyl (C=O) groups is 1. The summed E-state index contributed by atoms with van der Waals surface area (Å²) in [4.78, 5) is 42.6. The van der Waals surface area contributed by atoms with Crippen LogP contribution in [0.2, 0.25) is 0 Å². The maximum absolute atomic E-state index is 14.4. The third-order valence-electron chi connectivity index (χ3n) is 7.33. The molecule has 2 unspecified atom stereocenters. The molecule has 0 bridgehead atoms. The summed E-state index contributed by atoms with van der Waals surface area (Å²) in [7, 11) is -4.54. The summed E-state index contributed by atoms with van der Waals surface area (Å²) >= 11 is 0. The minimum absolute atomic E-state index is 0.169. The molecule has 5 rings (SSSR count). The molecule has 0 radical (unpaired) electrons. The molecule has 1 amide bonds. The van der Waals surface area contributed by atoms with Gasteiger partial charge in [-0.05, 0) is 68.6 Å². The first-order chi connectivity index (χ1) is 18.2. The van der Waals surface area contributed by atoms with Gasteiger partial charge >= 0.3 is 7.82 Å². The quantitative estimate of drug-likeness (QED) is 0.326. The highest BCUT2D eigenvalue weighted by Crippen LogP contribution is 2.45. The van der Waals surface area contributed by atoms with Crippen molar-refractivity contribution in [3.63, 3.8) is 0 Å². The van der Waals surface area contributed by atoms with Crippen molar-refractivity contribution < 1.29 is 32.8 Å². The molecule has 2 saturated carbocycles. The van der Waals surface area contributed by atoms with E-state index in [4.69, 9.17) is 19.0 Å². The first kappa shape index (κ1) is 26.8. The molecule has 38 heavy (non-hydrogen) atoms. The number of aromatic nitrogens is 2. The third kappa shape index (κ3) is 6.61. The van der Waals surface area contributed by atoms with Crippen molar-refractivity contribution in [2.75, 3.05) is 29.9 Å². The van der Waals surface area contributed by atoms with Crippen LogP contribution in [0.4, 0.5) is 16.2 Å². The van der Waals surface area contributed by atoms with Crippen LogP contribution in [0, 0.1) is 17.7 Å². The SMILES string of the molecule is CCOc1ccc(CNc2nc(N3CC4CC4C3)ncc2C(=O)N[C@H]2CC[C@H](OP(=O)(O)O)CC2)cc1F. The number of rotatable bonds is 10. The third-order valence-corrected chi connectivity index (χ3v) is 7.91. The molecule has 13 heteroatoms. The van der Waals surface area contributed by atoms with Crippen LogP contribution in [0.3, 0.4) is 0 Å². The van der Waals surface area contributed by atoms with Gasteiger partial charge in [0.1, 0.15) is 11.4 Å². The number of phosphoric acid groups is 1. The number of halogens is 1. The lowest BCUT2D eigenvalue weighted by Gasteiger charge is -2.29. The summed E-state index contributed by atoms with van der Waals surface area (Å²) in [5.74, 6) is 1.69. The number of hydrogen-bond acceptors (Lipinski definition) is 8. The van der Waals surface area contributed by atoms with Crippen molar-refractivity contribution in [3.05, 3.63) is 41.3 Å². The van der Waals surface area contributed by atoms with Gasteiger partial charge in [-0.3, -0.25) is 9.32 Å². The normalized spacial score (nSPS) is 24.6. The average Bonchev–Trinajstić information content (AvgIpc) is 3.49. The number of fused-ring (bicyclic) bond motifs is 1. The minimum Gasteiger partial charge on any atom is -0.491 e. The zero-order valence-electron chi connectivity index (χ0n) is 21.2. The summed E-state index contributed by atoms with van der Waals surface area (Å²) in [5.41, 5.74) is 0.946. The lowest BCUT2D eigenvalue weighted by Crippen LogP contribution is -2.39. The van der Waals surface area contributed by atoms with Crippen LogP contribution in [0.1, 0.15) is 54.9 Å². The Labute approximate surface area is 220 Å². The van der Waals surface area contributed by atoms with Gasteiger partial charge in [-0.15, -0.1) is 0 Å². The Morgan fingerprint density at radius 3 is 2.61 bits per heavy atom. The Morgan fingerprint density at radius 1 is 1.21 bits per heavy atom. The van der Waals surface area contributed by atoms with Crippen molar-refractivity contribution in [2.45, 2.75) is 57.7 Å². The van der Waals surface area contributed by atoms with Gasteiger partial charge in [0.05, 0.1) is 12.7 Å². The molecule has 4 N–H and O–H groups in total. The van der Waals surface area contributed by atoms with Gasteiger partial charge in [0.15, 0.2) is 11.6 Å². The van der Waals surface area contributed by atoms with Crippen molar-refractivity contribution in [2.24, 2.45) is 11.8 Å². The van der Waals surface area contributed by atoms with Crippen molar-refractivity contribution >= 4 is 25.5 Å². The molecule has 0 spiro atoms. The Balaban J connectivity index is 1.27. The molecular weight excluding hydrogens is 516 g/mol. The van der Waals surface area contributed by atoms with Gasteiger partial charge in [0.2, 0.25) is 5.95 Å². The fourth-order valence-corrected chi connectivity index (χ4v) is 5.87. The number of anilines is 2. The predicted octanol–water partition coefficient (Wildman–Crippen LogP) is 3.23. The lowest BCUT2D eigenvalue weighted by molar-refractivity contribution is 0.0820. The van der Waals surface area contributed by atoms with E-state index in [1.165, 1.54) is 18.7 Å². The van der Waals surface area contributed by atoms with Gasteiger partial charge in [-0.2, -0.15) is 4.98 Å². The van der Waals surface area contributed by atoms with Crippen LogP contribution in [-0.4, -0.2) is 57.5 Å².